The van der Waals surface area contributed by atoms with Gasteiger partial charge in [0.1, 0.15) is 6.04 Å². The van der Waals surface area contributed by atoms with Gasteiger partial charge >= 0.3 is 6.09 Å². The Balaban J connectivity index is 1.30. The minimum Gasteiger partial charge on any atom is -0.453 e. The lowest BCUT2D eigenvalue weighted by Gasteiger charge is -2.36. The van der Waals surface area contributed by atoms with Crippen molar-refractivity contribution in [3.8, 4) is 0 Å². The highest BCUT2D eigenvalue weighted by atomic mass is 32.2. The molecule has 230 valence electrons. The Bertz CT molecular complexity index is 1430. The molecule has 1 aromatic heterocycles. The molecule has 4 atom stereocenters. The van der Waals surface area contributed by atoms with Gasteiger partial charge in [-0.05, 0) is 42.5 Å². The summed E-state index contributed by atoms with van der Waals surface area (Å²) in [5, 5.41) is 10.4. The van der Waals surface area contributed by atoms with Crippen LogP contribution >= 0.6 is 11.8 Å². The Morgan fingerprint density at radius 3 is 2.36 bits per heavy atom. The summed E-state index contributed by atoms with van der Waals surface area (Å²) in [6, 6.07) is 26.5. The number of hydrogen-bond donors (Lipinski definition) is 4. The summed E-state index contributed by atoms with van der Waals surface area (Å²) >= 11 is 1.65. The van der Waals surface area contributed by atoms with Crippen molar-refractivity contribution in [2.75, 3.05) is 24.7 Å². The number of anilines is 1. The first kappa shape index (κ1) is 31.3. The first-order valence-electron chi connectivity index (χ1n) is 14.9. The lowest BCUT2D eigenvalue weighted by atomic mass is 9.84. The van der Waals surface area contributed by atoms with Crippen LogP contribution in [0, 0.1) is 0 Å². The number of ether oxygens (including phenoxy) is 2. The summed E-state index contributed by atoms with van der Waals surface area (Å²) in [6.45, 7) is 2.91. The number of hydrogen-bond acceptors (Lipinski definition) is 7. The maximum absolute atomic E-state index is 14.0. The summed E-state index contributed by atoms with van der Waals surface area (Å²) in [6.07, 6.45) is 4.49. The van der Waals surface area contributed by atoms with E-state index in [4.69, 9.17) is 9.47 Å². The molecule has 0 spiro atoms. The lowest BCUT2D eigenvalue weighted by Crippen LogP contribution is -2.52. The zero-order valence-electron chi connectivity index (χ0n) is 24.9. The molecule has 5 rings (SSSR count). The van der Waals surface area contributed by atoms with Crippen LogP contribution in [-0.2, 0) is 20.7 Å². The Hall–Kier alpha value is -4.12. The van der Waals surface area contributed by atoms with Crippen LogP contribution in [0.3, 0.4) is 0 Å². The molecule has 1 aliphatic rings. The second-order valence-electron chi connectivity index (χ2n) is 10.8. The van der Waals surface area contributed by atoms with Crippen LogP contribution in [0.2, 0.25) is 0 Å². The van der Waals surface area contributed by atoms with E-state index >= 15 is 0 Å². The fourth-order valence-electron chi connectivity index (χ4n) is 5.48. The zero-order valence-corrected chi connectivity index (χ0v) is 25.8. The van der Waals surface area contributed by atoms with Crippen molar-refractivity contribution in [1.29, 1.82) is 0 Å². The van der Waals surface area contributed by atoms with Crippen LogP contribution in [0.25, 0.3) is 0 Å². The third-order valence-corrected chi connectivity index (χ3v) is 8.84. The number of imidazole rings is 1. The predicted octanol–water partition coefficient (Wildman–Crippen LogP) is 5.38. The fourth-order valence-corrected chi connectivity index (χ4v) is 6.45. The summed E-state index contributed by atoms with van der Waals surface area (Å²) < 4.78 is 11.4. The van der Waals surface area contributed by atoms with Crippen LogP contribution in [-0.4, -0.2) is 65.7 Å². The van der Waals surface area contributed by atoms with Gasteiger partial charge in [-0.25, -0.2) is 9.78 Å². The Kier molecular flexibility index (Phi) is 11.1. The fraction of sp³-hybridized carbons (Fsp3) is 0.324. The van der Waals surface area contributed by atoms with E-state index in [9.17, 15) is 9.59 Å². The maximum atomic E-state index is 14.0. The maximum Gasteiger partial charge on any atom is 0.407 e. The summed E-state index contributed by atoms with van der Waals surface area (Å²) in [5.41, 5.74) is 3.51. The van der Waals surface area contributed by atoms with Gasteiger partial charge in [-0.15, -0.1) is 0 Å². The first-order valence-corrected chi connectivity index (χ1v) is 15.8. The number of benzene rings is 3. The number of morpholine rings is 1. The monoisotopic (exact) mass is 613 g/mol. The molecule has 3 aromatic carbocycles. The normalized spacial score (nSPS) is 18.8. The van der Waals surface area contributed by atoms with Crippen molar-refractivity contribution in [2.45, 2.75) is 55.1 Å². The molecule has 9 nitrogen and oxygen atoms in total. The van der Waals surface area contributed by atoms with Crippen molar-refractivity contribution in [1.82, 2.24) is 20.6 Å². The van der Waals surface area contributed by atoms with Crippen molar-refractivity contribution < 1.29 is 19.1 Å². The Labute approximate surface area is 262 Å². The first-order chi connectivity index (χ1) is 21.5. The molecule has 44 heavy (non-hydrogen) atoms. The van der Waals surface area contributed by atoms with E-state index in [-0.39, 0.29) is 24.2 Å². The number of aromatic amines is 1. The number of nitrogens with one attached hydrogen (secondary N) is 4. The number of H-pyrrole nitrogens is 1. The minimum atomic E-state index is -0.930. The highest BCUT2D eigenvalue weighted by Crippen LogP contribution is 2.30. The SMILES string of the molecule is COC(=O)N[C@H](C(=O)Nc1ccccc1CC[C@@H]1CN[C@H](C)[C@@H](CSc2ncc[nH]2)O1)C(c1ccccc1)c1ccccc1. The van der Waals surface area contributed by atoms with Crippen LogP contribution in [0.5, 0.6) is 0 Å². The standard InChI is InChI=1S/C34H39N5O4S/c1-23-29(22-44-33-35-19-20-36-33)43-27(21-37-23)18-17-24-11-9-10-16-28(24)38-32(40)31(39-34(41)42-2)30(25-12-5-3-6-13-25)26-14-7-4-8-15-26/h3-16,19-20,23,27,29-31,37H,17-18,21-22H2,1-2H3,(H,35,36)(H,38,40)(H,39,41)/t23-,27-,29-,31+/m1/s1. The zero-order chi connectivity index (χ0) is 30.7. The van der Waals surface area contributed by atoms with Crippen molar-refractivity contribution in [2.24, 2.45) is 0 Å². The quantitative estimate of drug-likeness (QED) is 0.159. The number of carbonyl (C=O) groups is 2. The third-order valence-electron chi connectivity index (χ3n) is 7.85. The highest BCUT2D eigenvalue weighted by Gasteiger charge is 2.33. The Morgan fingerprint density at radius 1 is 1.02 bits per heavy atom. The number of carbonyl (C=O) groups excluding carboxylic acids is 2. The summed E-state index contributed by atoms with van der Waals surface area (Å²) in [4.78, 5) is 34.0. The van der Waals surface area contributed by atoms with Gasteiger partial charge in [-0.3, -0.25) is 4.79 Å². The number of thioether (sulfide) groups is 1. The molecule has 0 unspecified atom stereocenters. The topological polar surface area (TPSA) is 117 Å². The number of alkyl carbamates (subject to hydrolysis) is 1. The number of amides is 2. The van der Waals surface area contributed by atoms with Crippen LogP contribution in [0.1, 0.15) is 36.0 Å². The molecular weight excluding hydrogens is 574 g/mol. The molecule has 0 saturated carbocycles. The molecule has 10 heteroatoms. The van der Waals surface area contributed by atoms with Crippen LogP contribution < -0.4 is 16.0 Å². The molecular formula is C34H39N5O4S. The molecule has 2 amide bonds. The molecule has 2 heterocycles. The van der Waals surface area contributed by atoms with Gasteiger partial charge in [0, 0.05) is 42.3 Å². The van der Waals surface area contributed by atoms with E-state index in [1.54, 1.807) is 18.0 Å². The minimum absolute atomic E-state index is 0.0337. The number of aryl methyl sites for hydroxylation is 1. The summed E-state index contributed by atoms with van der Waals surface area (Å²) in [7, 11) is 1.29. The highest BCUT2D eigenvalue weighted by molar-refractivity contribution is 7.99. The average Bonchev–Trinajstić information content (AvgIpc) is 3.59. The van der Waals surface area contributed by atoms with Gasteiger partial charge in [0.25, 0.3) is 0 Å². The van der Waals surface area contributed by atoms with E-state index < -0.39 is 18.1 Å². The van der Waals surface area contributed by atoms with Gasteiger partial charge in [0.05, 0.1) is 19.3 Å². The number of rotatable bonds is 12. The molecule has 1 aliphatic heterocycles. The third kappa shape index (κ3) is 8.28. The molecule has 0 bridgehead atoms. The average molecular weight is 614 g/mol. The molecule has 1 fully saturated rings. The van der Waals surface area contributed by atoms with Crippen molar-refractivity contribution >= 4 is 29.4 Å². The number of methoxy groups -OCH3 is 1. The van der Waals surface area contributed by atoms with E-state index in [0.717, 1.165) is 40.6 Å². The van der Waals surface area contributed by atoms with Gasteiger partial charge in [0.2, 0.25) is 5.91 Å². The van der Waals surface area contributed by atoms with Crippen LogP contribution in [0.15, 0.2) is 102 Å². The second-order valence-corrected chi connectivity index (χ2v) is 11.8. The Morgan fingerprint density at radius 2 is 1.70 bits per heavy atom. The molecule has 1 saturated heterocycles. The molecule has 0 aliphatic carbocycles. The number of nitrogens with zero attached hydrogens (tertiary/aromatic N) is 1. The van der Waals surface area contributed by atoms with E-state index in [1.165, 1.54) is 7.11 Å². The largest absolute Gasteiger partial charge is 0.453 e. The molecule has 4 N–H and O–H groups in total. The van der Waals surface area contributed by atoms with Gasteiger partial charge < -0.3 is 30.4 Å². The van der Waals surface area contributed by atoms with Gasteiger partial charge in [-0.2, -0.15) is 0 Å². The van der Waals surface area contributed by atoms with Gasteiger partial charge in [0.15, 0.2) is 5.16 Å². The van der Waals surface area contributed by atoms with E-state index in [1.807, 2.05) is 91.1 Å². The van der Waals surface area contributed by atoms with Crippen LogP contribution in [0.4, 0.5) is 10.5 Å². The second kappa shape index (κ2) is 15.6. The lowest BCUT2D eigenvalue weighted by molar-refractivity contribution is -0.118. The van der Waals surface area contributed by atoms with E-state index in [0.29, 0.717) is 12.1 Å². The number of aromatic nitrogens is 2. The summed E-state index contributed by atoms with van der Waals surface area (Å²) in [5.74, 6) is 0.0203. The predicted molar refractivity (Wildman–Crippen MR) is 173 cm³/mol. The van der Waals surface area contributed by atoms with Crippen molar-refractivity contribution in [3.63, 3.8) is 0 Å². The van der Waals surface area contributed by atoms with Crippen molar-refractivity contribution in [3.05, 3.63) is 114 Å². The number of para-hydroxylation sites is 1. The van der Waals surface area contributed by atoms with Gasteiger partial charge in [-0.1, -0.05) is 90.6 Å². The smallest absolute Gasteiger partial charge is 0.407 e. The molecule has 4 aromatic rings. The van der Waals surface area contributed by atoms with E-state index in [2.05, 4.69) is 32.8 Å². The molecule has 0 radical (unpaired) electrons.